The lowest BCUT2D eigenvalue weighted by Gasteiger charge is -1.88. The molecule has 0 bridgehead atoms. The molecule has 0 unspecified atom stereocenters. The summed E-state index contributed by atoms with van der Waals surface area (Å²) in [5, 5.41) is 0.876. The van der Waals surface area contributed by atoms with Crippen LogP contribution >= 0.6 is 15.9 Å². The third-order valence-electron chi connectivity index (χ3n) is 1.55. The van der Waals surface area contributed by atoms with Gasteiger partial charge in [-0.2, -0.15) is 0 Å². The monoisotopic (exact) mass is 225 g/mol. The van der Waals surface area contributed by atoms with E-state index in [0.717, 1.165) is 9.86 Å². The third-order valence-corrected chi connectivity index (χ3v) is 2.17. The van der Waals surface area contributed by atoms with E-state index >= 15 is 0 Å². The predicted octanol–water partition coefficient (Wildman–Crippen LogP) is 2.40. The van der Waals surface area contributed by atoms with Gasteiger partial charge in [-0.15, -0.1) is 0 Å². The second-order valence-electron chi connectivity index (χ2n) is 2.31. The highest BCUT2D eigenvalue weighted by atomic mass is 79.9. The van der Waals surface area contributed by atoms with Crippen LogP contribution in [0.2, 0.25) is 0 Å². The van der Waals surface area contributed by atoms with Crippen LogP contribution in [0.15, 0.2) is 27.4 Å². The number of carbonyl (C=O) groups is 1. The second kappa shape index (κ2) is 2.71. The van der Waals surface area contributed by atoms with Crippen molar-refractivity contribution in [1.29, 1.82) is 0 Å². The molecule has 60 valence electrons. The maximum absolute atomic E-state index is 10.3. The van der Waals surface area contributed by atoms with Crippen LogP contribution in [0.4, 0.5) is 0 Å². The van der Waals surface area contributed by atoms with Gasteiger partial charge >= 0.3 is 0 Å². The average molecular weight is 226 g/mol. The molecule has 0 fully saturated rings. The fraction of sp³-hybridized carbons (Fsp3) is 0. The van der Waals surface area contributed by atoms with Crippen molar-refractivity contribution in [2.45, 2.75) is 0 Å². The second-order valence-corrected chi connectivity index (χ2v) is 3.16. The van der Waals surface area contributed by atoms with Crippen molar-refractivity contribution < 1.29 is 9.21 Å². The number of pyridine rings is 1. The third kappa shape index (κ3) is 1.04. The van der Waals surface area contributed by atoms with E-state index in [0.29, 0.717) is 17.6 Å². The first-order chi connectivity index (χ1) is 5.81. The Bertz CT molecular complexity index is 436. The van der Waals surface area contributed by atoms with Crippen molar-refractivity contribution >= 4 is 33.2 Å². The molecule has 0 amide bonds. The van der Waals surface area contributed by atoms with Gasteiger partial charge in [0.15, 0.2) is 6.29 Å². The molecule has 2 aromatic rings. The smallest absolute Gasteiger partial charge is 0.168 e. The summed E-state index contributed by atoms with van der Waals surface area (Å²) in [6.07, 6.45) is 3.86. The molecular weight excluding hydrogens is 222 g/mol. The highest BCUT2D eigenvalue weighted by Gasteiger charge is 2.03. The minimum absolute atomic E-state index is 0.379. The number of hydrogen-bond acceptors (Lipinski definition) is 3. The molecule has 0 spiro atoms. The van der Waals surface area contributed by atoms with E-state index in [1.807, 2.05) is 0 Å². The Kier molecular flexibility index (Phi) is 1.69. The van der Waals surface area contributed by atoms with Crippen LogP contribution < -0.4 is 0 Å². The van der Waals surface area contributed by atoms with Crippen molar-refractivity contribution in [3.8, 4) is 0 Å². The van der Waals surface area contributed by atoms with E-state index in [4.69, 9.17) is 4.42 Å². The van der Waals surface area contributed by atoms with Gasteiger partial charge in [0, 0.05) is 12.3 Å². The average Bonchev–Trinajstić information content (AvgIpc) is 2.47. The number of aromatic nitrogens is 1. The van der Waals surface area contributed by atoms with Gasteiger partial charge in [0.1, 0.15) is 17.5 Å². The topological polar surface area (TPSA) is 43.1 Å². The molecule has 0 aliphatic heterocycles. The SMILES string of the molecule is O=Cc1cc2occ(Br)c2cn1. The summed E-state index contributed by atoms with van der Waals surface area (Å²) < 4.78 is 5.99. The molecule has 12 heavy (non-hydrogen) atoms. The quantitative estimate of drug-likeness (QED) is 0.701. The Hall–Kier alpha value is -1.16. The molecule has 0 aliphatic carbocycles. The van der Waals surface area contributed by atoms with Gasteiger partial charge in [0.2, 0.25) is 0 Å². The molecule has 0 radical (unpaired) electrons. The summed E-state index contributed by atoms with van der Waals surface area (Å²) in [6.45, 7) is 0. The van der Waals surface area contributed by atoms with Crippen molar-refractivity contribution in [3.63, 3.8) is 0 Å². The van der Waals surface area contributed by atoms with Crippen molar-refractivity contribution in [2.24, 2.45) is 0 Å². The molecule has 2 aromatic heterocycles. The van der Waals surface area contributed by atoms with E-state index in [9.17, 15) is 4.79 Å². The Balaban J connectivity index is 2.77. The van der Waals surface area contributed by atoms with Gasteiger partial charge in [-0.1, -0.05) is 0 Å². The molecular formula is C8H4BrNO2. The van der Waals surface area contributed by atoms with Crippen molar-refractivity contribution in [1.82, 2.24) is 4.98 Å². The summed E-state index contributed by atoms with van der Waals surface area (Å²) in [4.78, 5) is 14.2. The molecule has 0 N–H and O–H groups in total. The normalized spacial score (nSPS) is 10.4. The summed E-state index contributed by atoms with van der Waals surface area (Å²) in [7, 11) is 0. The van der Waals surface area contributed by atoms with Gasteiger partial charge in [0.05, 0.1) is 9.86 Å². The maximum atomic E-state index is 10.3. The van der Waals surface area contributed by atoms with E-state index < -0.39 is 0 Å². The van der Waals surface area contributed by atoms with Crippen molar-refractivity contribution in [3.05, 3.63) is 28.7 Å². The summed E-state index contributed by atoms with van der Waals surface area (Å²) in [6, 6.07) is 1.60. The molecule has 2 rings (SSSR count). The Morgan fingerprint density at radius 1 is 1.58 bits per heavy atom. The van der Waals surface area contributed by atoms with Gasteiger partial charge in [-0.25, -0.2) is 0 Å². The predicted molar refractivity (Wildman–Crippen MR) is 47.1 cm³/mol. The van der Waals surface area contributed by atoms with Gasteiger partial charge in [-0.05, 0) is 15.9 Å². The zero-order valence-corrected chi connectivity index (χ0v) is 7.54. The molecule has 0 saturated carbocycles. The molecule has 0 aliphatic rings. The van der Waals surface area contributed by atoms with E-state index in [2.05, 4.69) is 20.9 Å². The molecule has 0 atom stereocenters. The fourth-order valence-corrected chi connectivity index (χ4v) is 1.36. The zero-order valence-electron chi connectivity index (χ0n) is 5.95. The summed E-state index contributed by atoms with van der Waals surface area (Å²) in [5.41, 5.74) is 1.04. The molecule has 0 saturated heterocycles. The van der Waals surface area contributed by atoms with E-state index in [1.165, 1.54) is 0 Å². The first-order valence-electron chi connectivity index (χ1n) is 3.29. The molecule has 4 heteroatoms. The number of aldehydes is 1. The van der Waals surface area contributed by atoms with Crippen LogP contribution in [0.5, 0.6) is 0 Å². The Morgan fingerprint density at radius 2 is 2.42 bits per heavy atom. The molecule has 2 heterocycles. The Morgan fingerprint density at radius 3 is 3.17 bits per heavy atom. The highest BCUT2D eigenvalue weighted by molar-refractivity contribution is 9.10. The zero-order chi connectivity index (χ0) is 8.55. The minimum Gasteiger partial charge on any atom is -0.463 e. The van der Waals surface area contributed by atoms with Gasteiger partial charge in [-0.3, -0.25) is 9.78 Å². The lowest BCUT2D eigenvalue weighted by molar-refractivity contribution is 0.111. The Labute approximate surface area is 76.5 Å². The van der Waals surface area contributed by atoms with Crippen molar-refractivity contribution in [2.75, 3.05) is 0 Å². The van der Waals surface area contributed by atoms with Crippen LogP contribution in [0.25, 0.3) is 11.0 Å². The number of carbonyl (C=O) groups excluding carboxylic acids is 1. The number of fused-ring (bicyclic) bond motifs is 1. The molecule has 3 nitrogen and oxygen atoms in total. The van der Waals surface area contributed by atoms with Crippen LogP contribution in [0.3, 0.4) is 0 Å². The summed E-state index contributed by atoms with van der Waals surface area (Å²) >= 11 is 3.29. The standard InChI is InChI=1S/C8H4BrNO2/c9-7-4-12-8-1-5(3-11)10-2-6(7)8/h1-4H. The highest BCUT2D eigenvalue weighted by Crippen LogP contribution is 2.24. The van der Waals surface area contributed by atoms with Crippen LogP contribution in [0, 0.1) is 0 Å². The largest absolute Gasteiger partial charge is 0.463 e. The number of halogens is 1. The van der Waals surface area contributed by atoms with E-state index in [1.54, 1.807) is 18.5 Å². The maximum Gasteiger partial charge on any atom is 0.168 e. The van der Waals surface area contributed by atoms with Gasteiger partial charge < -0.3 is 4.42 Å². The molecule has 0 aromatic carbocycles. The lowest BCUT2D eigenvalue weighted by atomic mass is 10.3. The van der Waals surface area contributed by atoms with Gasteiger partial charge in [0.25, 0.3) is 0 Å². The van der Waals surface area contributed by atoms with E-state index in [-0.39, 0.29) is 0 Å². The first kappa shape index (κ1) is 7.49. The number of furan rings is 1. The number of hydrogen-bond donors (Lipinski definition) is 0. The first-order valence-corrected chi connectivity index (χ1v) is 4.08. The number of rotatable bonds is 1. The summed E-state index contributed by atoms with van der Waals surface area (Å²) in [5.74, 6) is 0. The van der Waals surface area contributed by atoms with Crippen LogP contribution in [-0.4, -0.2) is 11.3 Å². The minimum atomic E-state index is 0.379. The van der Waals surface area contributed by atoms with Crippen LogP contribution in [-0.2, 0) is 0 Å². The lowest BCUT2D eigenvalue weighted by Crippen LogP contribution is -1.83. The fourth-order valence-electron chi connectivity index (χ4n) is 0.972. The number of nitrogens with zero attached hydrogens (tertiary/aromatic N) is 1. The van der Waals surface area contributed by atoms with Crippen LogP contribution in [0.1, 0.15) is 10.5 Å².